The van der Waals surface area contributed by atoms with Gasteiger partial charge >= 0.3 is 0 Å². The summed E-state index contributed by atoms with van der Waals surface area (Å²) in [5, 5.41) is 3.42. The van der Waals surface area contributed by atoms with Crippen LogP contribution in [0.3, 0.4) is 0 Å². The summed E-state index contributed by atoms with van der Waals surface area (Å²) < 4.78 is 24.9. The van der Waals surface area contributed by atoms with Crippen LogP contribution in [0.15, 0.2) is 16.6 Å². The van der Waals surface area contributed by atoms with Gasteiger partial charge in [-0.1, -0.05) is 15.9 Å². The molecule has 1 aromatic rings. The molecule has 0 saturated heterocycles. The highest BCUT2D eigenvalue weighted by atomic mass is 79.9. The van der Waals surface area contributed by atoms with Crippen LogP contribution in [0.2, 0.25) is 0 Å². The molecular formula is C14H19BrFNO2. The second kappa shape index (κ2) is 7.33. The Morgan fingerprint density at radius 1 is 1.37 bits per heavy atom. The van der Waals surface area contributed by atoms with Crippen LogP contribution in [0.25, 0.3) is 0 Å². The number of rotatable bonds is 7. The molecule has 0 saturated carbocycles. The highest BCUT2D eigenvalue weighted by Crippen LogP contribution is 2.34. The number of ether oxygens (including phenoxy) is 2. The molecule has 0 amide bonds. The largest absolute Gasteiger partial charge is 0.382 e. The normalized spacial score (nSPS) is 17.7. The molecule has 1 atom stereocenters. The Kier molecular flexibility index (Phi) is 5.76. The van der Waals surface area contributed by atoms with E-state index in [1.165, 1.54) is 6.07 Å². The van der Waals surface area contributed by atoms with E-state index in [0.29, 0.717) is 19.8 Å². The molecule has 0 fully saturated rings. The van der Waals surface area contributed by atoms with Gasteiger partial charge in [0.1, 0.15) is 5.82 Å². The summed E-state index contributed by atoms with van der Waals surface area (Å²) in [7, 11) is 1.66. The summed E-state index contributed by atoms with van der Waals surface area (Å²) in [6.45, 7) is 2.64. The zero-order valence-corrected chi connectivity index (χ0v) is 12.6. The molecule has 0 spiro atoms. The Bertz CT molecular complexity index is 428. The lowest BCUT2D eigenvalue weighted by molar-refractivity contribution is 0.0710. The van der Waals surface area contributed by atoms with E-state index in [1.54, 1.807) is 7.11 Å². The van der Waals surface area contributed by atoms with Crippen molar-refractivity contribution in [3.63, 3.8) is 0 Å². The van der Waals surface area contributed by atoms with Gasteiger partial charge in [-0.25, -0.2) is 4.39 Å². The van der Waals surface area contributed by atoms with Crippen LogP contribution in [-0.2, 0) is 15.9 Å². The molecule has 0 radical (unpaired) electrons. The summed E-state index contributed by atoms with van der Waals surface area (Å²) in [4.78, 5) is 0. The van der Waals surface area contributed by atoms with Crippen LogP contribution in [0.4, 0.5) is 4.39 Å². The SMILES string of the molecule is COCCOCCNC1CCc2c(F)cc(Br)cc21. The van der Waals surface area contributed by atoms with Crippen molar-refractivity contribution in [2.45, 2.75) is 18.9 Å². The van der Waals surface area contributed by atoms with Gasteiger partial charge in [0.15, 0.2) is 0 Å². The van der Waals surface area contributed by atoms with Crippen molar-refractivity contribution in [3.8, 4) is 0 Å². The molecule has 19 heavy (non-hydrogen) atoms. The number of hydrogen-bond donors (Lipinski definition) is 1. The molecule has 0 heterocycles. The fourth-order valence-corrected chi connectivity index (χ4v) is 2.85. The quantitative estimate of drug-likeness (QED) is 0.779. The molecule has 2 rings (SSSR count). The second-order valence-corrected chi connectivity index (χ2v) is 5.52. The first-order valence-corrected chi connectivity index (χ1v) is 7.29. The van der Waals surface area contributed by atoms with Gasteiger partial charge in [0.05, 0.1) is 19.8 Å². The molecule has 0 aromatic heterocycles. The van der Waals surface area contributed by atoms with Gasteiger partial charge in [0, 0.05) is 24.2 Å². The lowest BCUT2D eigenvalue weighted by Gasteiger charge is -2.14. The van der Waals surface area contributed by atoms with Gasteiger partial charge < -0.3 is 14.8 Å². The highest BCUT2D eigenvalue weighted by molar-refractivity contribution is 9.10. The topological polar surface area (TPSA) is 30.5 Å². The van der Waals surface area contributed by atoms with Crippen molar-refractivity contribution in [3.05, 3.63) is 33.5 Å². The van der Waals surface area contributed by atoms with E-state index in [2.05, 4.69) is 21.2 Å². The van der Waals surface area contributed by atoms with Gasteiger partial charge in [-0.3, -0.25) is 0 Å². The van der Waals surface area contributed by atoms with Crippen LogP contribution in [-0.4, -0.2) is 33.5 Å². The molecule has 106 valence electrons. The van der Waals surface area contributed by atoms with Crippen molar-refractivity contribution in [1.82, 2.24) is 5.32 Å². The monoisotopic (exact) mass is 331 g/mol. The molecule has 1 unspecified atom stereocenters. The lowest BCUT2D eigenvalue weighted by atomic mass is 10.1. The molecular weight excluding hydrogens is 313 g/mol. The van der Waals surface area contributed by atoms with E-state index in [4.69, 9.17) is 9.47 Å². The number of benzene rings is 1. The number of methoxy groups -OCH3 is 1. The molecule has 3 nitrogen and oxygen atoms in total. The van der Waals surface area contributed by atoms with Gasteiger partial charge in [-0.2, -0.15) is 0 Å². The van der Waals surface area contributed by atoms with E-state index in [-0.39, 0.29) is 11.9 Å². The van der Waals surface area contributed by atoms with Crippen LogP contribution >= 0.6 is 15.9 Å². The van der Waals surface area contributed by atoms with E-state index in [9.17, 15) is 4.39 Å². The van der Waals surface area contributed by atoms with E-state index in [1.807, 2.05) is 6.07 Å². The summed E-state index contributed by atoms with van der Waals surface area (Å²) in [5.41, 5.74) is 1.92. The Labute approximate surface area is 121 Å². The minimum atomic E-state index is -0.106. The summed E-state index contributed by atoms with van der Waals surface area (Å²) in [6.07, 6.45) is 1.75. The minimum absolute atomic E-state index is 0.106. The average Bonchev–Trinajstić information content (AvgIpc) is 2.77. The first-order chi connectivity index (χ1) is 9.22. The number of hydrogen-bond acceptors (Lipinski definition) is 3. The van der Waals surface area contributed by atoms with Gasteiger partial charge in [0.2, 0.25) is 0 Å². The molecule has 5 heteroatoms. The van der Waals surface area contributed by atoms with Crippen LogP contribution in [0.1, 0.15) is 23.6 Å². The van der Waals surface area contributed by atoms with Gasteiger partial charge in [0.25, 0.3) is 0 Å². The zero-order valence-electron chi connectivity index (χ0n) is 11.0. The van der Waals surface area contributed by atoms with Crippen molar-refractivity contribution in [2.24, 2.45) is 0 Å². The standard InChI is InChI=1S/C14H19BrFNO2/c1-18-6-7-19-5-4-17-14-3-2-11-12(14)8-10(15)9-13(11)16/h8-9,14,17H,2-7H2,1H3. The maximum absolute atomic E-state index is 13.8. The lowest BCUT2D eigenvalue weighted by Crippen LogP contribution is -2.24. The summed E-state index contributed by atoms with van der Waals surface area (Å²) >= 11 is 3.35. The molecule has 1 aromatic carbocycles. The fraction of sp³-hybridized carbons (Fsp3) is 0.571. The maximum Gasteiger partial charge on any atom is 0.127 e. The first-order valence-electron chi connectivity index (χ1n) is 6.50. The van der Waals surface area contributed by atoms with Crippen LogP contribution < -0.4 is 5.32 Å². The van der Waals surface area contributed by atoms with E-state index in [0.717, 1.165) is 35.0 Å². The number of fused-ring (bicyclic) bond motifs is 1. The maximum atomic E-state index is 13.8. The van der Waals surface area contributed by atoms with E-state index < -0.39 is 0 Å². The molecule has 1 aliphatic carbocycles. The Hall–Kier alpha value is -0.490. The van der Waals surface area contributed by atoms with Crippen molar-refractivity contribution in [1.29, 1.82) is 0 Å². The Balaban J connectivity index is 1.82. The number of nitrogens with one attached hydrogen (secondary N) is 1. The third-order valence-electron chi connectivity index (χ3n) is 3.32. The van der Waals surface area contributed by atoms with Crippen molar-refractivity contribution in [2.75, 3.05) is 33.5 Å². The van der Waals surface area contributed by atoms with Gasteiger partial charge in [-0.15, -0.1) is 0 Å². The molecule has 0 bridgehead atoms. The fourth-order valence-electron chi connectivity index (χ4n) is 2.40. The summed E-state index contributed by atoms with van der Waals surface area (Å²) in [5.74, 6) is -0.106. The third-order valence-corrected chi connectivity index (χ3v) is 3.78. The Morgan fingerprint density at radius 3 is 3.00 bits per heavy atom. The Morgan fingerprint density at radius 2 is 2.21 bits per heavy atom. The number of halogens is 2. The predicted octanol–water partition coefficient (Wildman–Crippen LogP) is 2.83. The minimum Gasteiger partial charge on any atom is -0.382 e. The molecule has 0 aliphatic heterocycles. The van der Waals surface area contributed by atoms with Crippen LogP contribution in [0.5, 0.6) is 0 Å². The molecule has 1 N–H and O–H groups in total. The third kappa shape index (κ3) is 3.99. The zero-order chi connectivity index (χ0) is 13.7. The summed E-state index contributed by atoms with van der Waals surface area (Å²) in [6, 6.07) is 3.78. The van der Waals surface area contributed by atoms with E-state index >= 15 is 0 Å². The first kappa shape index (κ1) is 14.9. The second-order valence-electron chi connectivity index (χ2n) is 4.61. The van der Waals surface area contributed by atoms with Gasteiger partial charge in [-0.05, 0) is 36.1 Å². The highest BCUT2D eigenvalue weighted by Gasteiger charge is 2.25. The van der Waals surface area contributed by atoms with Crippen molar-refractivity contribution >= 4 is 15.9 Å². The van der Waals surface area contributed by atoms with Crippen LogP contribution in [0, 0.1) is 5.82 Å². The smallest absolute Gasteiger partial charge is 0.127 e. The molecule has 1 aliphatic rings. The average molecular weight is 332 g/mol. The van der Waals surface area contributed by atoms with Crippen molar-refractivity contribution < 1.29 is 13.9 Å². The predicted molar refractivity (Wildman–Crippen MR) is 75.9 cm³/mol.